The second kappa shape index (κ2) is 4.36. The van der Waals surface area contributed by atoms with E-state index in [-0.39, 0.29) is 0 Å². The van der Waals surface area contributed by atoms with E-state index in [1.54, 1.807) is 6.20 Å². The van der Waals surface area contributed by atoms with Gasteiger partial charge in [-0.3, -0.25) is 4.98 Å². The van der Waals surface area contributed by atoms with E-state index in [0.29, 0.717) is 18.8 Å². The maximum Gasteiger partial charge on any atom is 0.0990 e. The quantitative estimate of drug-likeness (QED) is 0.656. The lowest BCUT2D eigenvalue weighted by atomic mass is 10.1. The Balaban J connectivity index is 2.14. The van der Waals surface area contributed by atoms with Crippen LogP contribution in [0.15, 0.2) is 24.4 Å². The summed E-state index contributed by atoms with van der Waals surface area (Å²) in [6.07, 6.45) is 0.373. The van der Waals surface area contributed by atoms with Crippen LogP contribution in [-0.4, -0.2) is 40.5 Å². The van der Waals surface area contributed by atoms with E-state index in [9.17, 15) is 10.2 Å². The minimum Gasteiger partial charge on any atom is -0.398 e. The van der Waals surface area contributed by atoms with Gasteiger partial charge >= 0.3 is 0 Å². The van der Waals surface area contributed by atoms with Gasteiger partial charge in [0.2, 0.25) is 0 Å². The van der Waals surface area contributed by atoms with E-state index < -0.39 is 12.2 Å². The summed E-state index contributed by atoms with van der Waals surface area (Å²) in [6, 6.07) is 5.76. The van der Waals surface area contributed by atoms with Gasteiger partial charge in [-0.25, -0.2) is 0 Å². The number of anilines is 2. The number of pyridine rings is 1. The van der Waals surface area contributed by atoms with E-state index in [1.165, 1.54) is 0 Å². The lowest BCUT2D eigenvalue weighted by Gasteiger charge is -2.20. The van der Waals surface area contributed by atoms with Gasteiger partial charge in [0.25, 0.3) is 0 Å². The number of hydrogen-bond donors (Lipinski definition) is 3. The summed E-state index contributed by atoms with van der Waals surface area (Å²) in [4.78, 5) is 6.25. The van der Waals surface area contributed by atoms with Crippen molar-refractivity contribution in [2.24, 2.45) is 0 Å². The molecule has 1 aromatic carbocycles. The number of aliphatic hydroxyl groups is 2. The number of aromatic nitrogens is 1. The van der Waals surface area contributed by atoms with Crippen LogP contribution in [0.3, 0.4) is 0 Å². The average Bonchev–Trinajstić information content (AvgIpc) is 2.69. The average molecular weight is 259 g/mol. The van der Waals surface area contributed by atoms with E-state index >= 15 is 0 Å². The molecule has 2 aromatic rings. The Morgan fingerprint density at radius 1 is 1.21 bits per heavy atom. The number of aliphatic hydroxyl groups excluding tert-OH is 2. The molecule has 0 radical (unpaired) electrons. The summed E-state index contributed by atoms with van der Waals surface area (Å²) in [6.45, 7) is 2.79. The normalized spacial score (nSPS) is 23.2. The van der Waals surface area contributed by atoms with Crippen molar-refractivity contribution in [2.75, 3.05) is 23.7 Å². The van der Waals surface area contributed by atoms with Crippen molar-refractivity contribution in [1.29, 1.82) is 0 Å². The van der Waals surface area contributed by atoms with E-state index in [4.69, 9.17) is 5.73 Å². The fourth-order valence-corrected chi connectivity index (χ4v) is 2.59. The number of hydrogen-bond acceptors (Lipinski definition) is 5. The van der Waals surface area contributed by atoms with Crippen LogP contribution in [0.2, 0.25) is 0 Å². The number of fused-ring (bicyclic) bond motifs is 1. The van der Waals surface area contributed by atoms with Gasteiger partial charge in [-0.05, 0) is 25.1 Å². The van der Waals surface area contributed by atoms with Crippen LogP contribution >= 0.6 is 0 Å². The van der Waals surface area contributed by atoms with Gasteiger partial charge in [-0.1, -0.05) is 0 Å². The van der Waals surface area contributed by atoms with Gasteiger partial charge < -0.3 is 20.8 Å². The number of nitrogens with two attached hydrogens (primary N) is 1. The molecular weight excluding hydrogens is 242 g/mol. The summed E-state index contributed by atoms with van der Waals surface area (Å²) >= 11 is 0. The van der Waals surface area contributed by atoms with Crippen LogP contribution in [0.1, 0.15) is 5.69 Å². The van der Waals surface area contributed by atoms with Gasteiger partial charge in [-0.15, -0.1) is 0 Å². The molecular formula is C14H17N3O2. The molecule has 0 spiro atoms. The SMILES string of the molecule is Cc1cc2c(N3CC(O)C(O)C3)ccc(N)c2cn1. The maximum atomic E-state index is 9.68. The van der Waals surface area contributed by atoms with Crippen LogP contribution in [0.5, 0.6) is 0 Å². The lowest BCUT2D eigenvalue weighted by molar-refractivity contribution is 0.0572. The van der Waals surface area contributed by atoms with Crippen molar-refractivity contribution in [3.63, 3.8) is 0 Å². The van der Waals surface area contributed by atoms with Crippen LogP contribution in [0.4, 0.5) is 11.4 Å². The Morgan fingerprint density at radius 3 is 2.58 bits per heavy atom. The van der Waals surface area contributed by atoms with Gasteiger partial charge in [-0.2, -0.15) is 0 Å². The molecule has 5 heteroatoms. The largest absolute Gasteiger partial charge is 0.398 e. The Labute approximate surface area is 111 Å². The minimum atomic E-state index is -0.699. The highest BCUT2D eigenvalue weighted by Crippen LogP contribution is 2.32. The second-order valence-corrected chi connectivity index (χ2v) is 5.08. The lowest BCUT2D eigenvalue weighted by Crippen LogP contribution is -2.22. The Kier molecular flexibility index (Phi) is 2.80. The molecule has 5 nitrogen and oxygen atoms in total. The Morgan fingerprint density at radius 2 is 1.89 bits per heavy atom. The molecule has 0 bridgehead atoms. The smallest absolute Gasteiger partial charge is 0.0990 e. The van der Waals surface area contributed by atoms with Gasteiger partial charge in [0.15, 0.2) is 0 Å². The molecule has 0 amide bonds. The molecule has 2 unspecified atom stereocenters. The van der Waals surface area contributed by atoms with Crippen LogP contribution < -0.4 is 10.6 Å². The molecule has 19 heavy (non-hydrogen) atoms. The summed E-state index contributed by atoms with van der Waals surface area (Å²) in [7, 11) is 0. The predicted molar refractivity (Wildman–Crippen MR) is 75.1 cm³/mol. The molecule has 3 rings (SSSR count). The molecule has 0 aliphatic carbocycles. The summed E-state index contributed by atoms with van der Waals surface area (Å²) in [5.74, 6) is 0. The fourth-order valence-electron chi connectivity index (χ4n) is 2.59. The first-order chi connectivity index (χ1) is 9.06. The fraction of sp³-hybridized carbons (Fsp3) is 0.357. The first-order valence-corrected chi connectivity index (χ1v) is 6.32. The zero-order chi connectivity index (χ0) is 13.6. The van der Waals surface area contributed by atoms with E-state index in [0.717, 1.165) is 22.2 Å². The Hall–Kier alpha value is -1.85. The number of nitrogens with zero attached hydrogens (tertiary/aromatic N) is 2. The van der Waals surface area contributed by atoms with Crippen molar-refractivity contribution in [1.82, 2.24) is 4.98 Å². The maximum absolute atomic E-state index is 9.68. The van der Waals surface area contributed by atoms with Gasteiger partial charge in [0, 0.05) is 47.1 Å². The molecule has 4 N–H and O–H groups in total. The number of β-amino-alcohol motifs (C(OH)–C–C–N with tert-alkyl or cyclic N) is 2. The van der Waals surface area contributed by atoms with Crippen molar-refractivity contribution in [3.05, 3.63) is 30.1 Å². The minimum absolute atomic E-state index is 0.432. The molecule has 1 aromatic heterocycles. The van der Waals surface area contributed by atoms with Crippen LogP contribution in [0, 0.1) is 6.92 Å². The molecule has 2 heterocycles. The van der Waals surface area contributed by atoms with Crippen molar-refractivity contribution in [3.8, 4) is 0 Å². The van der Waals surface area contributed by atoms with Crippen LogP contribution in [0.25, 0.3) is 10.8 Å². The van der Waals surface area contributed by atoms with E-state index in [1.807, 2.05) is 30.0 Å². The van der Waals surface area contributed by atoms with Crippen molar-refractivity contribution in [2.45, 2.75) is 19.1 Å². The summed E-state index contributed by atoms with van der Waals surface area (Å²) in [5, 5.41) is 21.3. The first-order valence-electron chi connectivity index (χ1n) is 6.32. The topological polar surface area (TPSA) is 82.6 Å². The molecule has 0 saturated carbocycles. The van der Waals surface area contributed by atoms with Gasteiger partial charge in [0.1, 0.15) is 0 Å². The highest BCUT2D eigenvalue weighted by atomic mass is 16.3. The monoisotopic (exact) mass is 259 g/mol. The summed E-state index contributed by atoms with van der Waals surface area (Å²) < 4.78 is 0. The third kappa shape index (κ3) is 2.01. The predicted octanol–water partition coefficient (Wildman–Crippen LogP) is 0.667. The molecule has 2 atom stereocenters. The molecule has 1 saturated heterocycles. The number of benzene rings is 1. The third-order valence-electron chi connectivity index (χ3n) is 3.65. The van der Waals surface area contributed by atoms with Gasteiger partial charge in [0.05, 0.1) is 12.2 Å². The second-order valence-electron chi connectivity index (χ2n) is 5.08. The van der Waals surface area contributed by atoms with Crippen molar-refractivity contribution < 1.29 is 10.2 Å². The van der Waals surface area contributed by atoms with Crippen LogP contribution in [-0.2, 0) is 0 Å². The molecule has 1 aliphatic heterocycles. The first kappa shape index (κ1) is 12.2. The summed E-state index contributed by atoms with van der Waals surface area (Å²) in [5.41, 5.74) is 8.55. The number of nitrogen functional groups attached to an aromatic ring is 1. The van der Waals surface area contributed by atoms with Crippen molar-refractivity contribution >= 4 is 22.1 Å². The number of aryl methyl sites for hydroxylation is 1. The highest BCUT2D eigenvalue weighted by Gasteiger charge is 2.30. The highest BCUT2D eigenvalue weighted by molar-refractivity contribution is 6.01. The molecule has 100 valence electrons. The number of rotatable bonds is 1. The standard InChI is InChI=1S/C14H17N3O2/c1-8-4-9-10(5-16-8)11(15)2-3-12(9)17-6-13(18)14(19)7-17/h2-5,13-14,18-19H,6-7,15H2,1H3. The molecule has 1 aliphatic rings. The van der Waals surface area contributed by atoms with E-state index in [2.05, 4.69) is 4.98 Å². The third-order valence-corrected chi connectivity index (χ3v) is 3.65. The zero-order valence-electron chi connectivity index (χ0n) is 10.7. The molecule has 1 fully saturated rings. The Bertz CT molecular complexity index is 619. The zero-order valence-corrected chi connectivity index (χ0v) is 10.7.